The Labute approximate surface area is 121 Å². The van der Waals surface area contributed by atoms with Gasteiger partial charge in [-0.3, -0.25) is 0 Å². The van der Waals surface area contributed by atoms with E-state index >= 15 is 0 Å². The number of benzene rings is 1. The van der Waals surface area contributed by atoms with Gasteiger partial charge in [0.2, 0.25) is 0 Å². The van der Waals surface area contributed by atoms with E-state index in [1.165, 1.54) is 0 Å². The second-order valence-corrected chi connectivity index (χ2v) is 6.02. The molecule has 1 aromatic rings. The van der Waals surface area contributed by atoms with Crippen LogP contribution < -0.4 is 15.4 Å². The van der Waals surface area contributed by atoms with Gasteiger partial charge in [-0.15, -0.1) is 0 Å². The Morgan fingerprint density at radius 2 is 2.10 bits per heavy atom. The third-order valence-electron chi connectivity index (χ3n) is 4.12. The van der Waals surface area contributed by atoms with E-state index in [0.29, 0.717) is 0 Å². The third kappa shape index (κ3) is 3.25. The summed E-state index contributed by atoms with van der Waals surface area (Å²) in [5.41, 5.74) is 7.77. The number of ether oxygens (including phenoxy) is 1. The second kappa shape index (κ2) is 6.02. The second-order valence-electron chi connectivity index (χ2n) is 6.02. The summed E-state index contributed by atoms with van der Waals surface area (Å²) in [6.07, 6.45) is 2.62. The molecule has 2 rings (SSSR count). The topological polar surface area (TPSA) is 58.7 Å². The Hall–Kier alpha value is -1.26. The lowest BCUT2D eigenvalue weighted by Crippen LogP contribution is -2.29. The Morgan fingerprint density at radius 1 is 1.35 bits per heavy atom. The van der Waals surface area contributed by atoms with Crippen molar-refractivity contribution in [3.05, 3.63) is 23.8 Å². The van der Waals surface area contributed by atoms with Crippen LogP contribution in [0.3, 0.4) is 0 Å². The molecule has 1 saturated heterocycles. The summed E-state index contributed by atoms with van der Waals surface area (Å²) in [5.74, 6) is 0.841. The van der Waals surface area contributed by atoms with E-state index in [2.05, 4.69) is 11.0 Å². The molecule has 1 unspecified atom stereocenters. The monoisotopic (exact) mass is 278 g/mol. The highest BCUT2D eigenvalue weighted by Gasteiger charge is 2.27. The maximum atomic E-state index is 10.2. The number of hydrogen-bond acceptors (Lipinski definition) is 4. The van der Waals surface area contributed by atoms with Crippen LogP contribution in [0.25, 0.3) is 0 Å². The van der Waals surface area contributed by atoms with Crippen LogP contribution in [0.4, 0.5) is 5.69 Å². The average molecular weight is 278 g/mol. The first-order valence-corrected chi connectivity index (χ1v) is 7.34. The predicted molar refractivity (Wildman–Crippen MR) is 82.3 cm³/mol. The average Bonchev–Trinajstić information content (AvgIpc) is 2.58. The molecule has 0 spiro atoms. The van der Waals surface area contributed by atoms with E-state index < -0.39 is 5.60 Å². The quantitative estimate of drug-likeness (QED) is 0.891. The zero-order chi connectivity index (χ0) is 14.8. The van der Waals surface area contributed by atoms with Crippen LogP contribution in [0.15, 0.2) is 18.2 Å². The molecule has 3 N–H and O–H groups in total. The molecule has 1 heterocycles. The highest BCUT2D eigenvalue weighted by molar-refractivity contribution is 5.60. The van der Waals surface area contributed by atoms with Gasteiger partial charge in [-0.25, -0.2) is 0 Å². The largest absolute Gasteiger partial charge is 0.496 e. The zero-order valence-corrected chi connectivity index (χ0v) is 12.7. The molecule has 0 radical (unpaired) electrons. The van der Waals surface area contributed by atoms with Gasteiger partial charge in [0.25, 0.3) is 0 Å². The predicted octanol–water partition coefficient (Wildman–Crippen LogP) is 2.46. The Kier molecular flexibility index (Phi) is 4.55. The highest BCUT2D eigenvalue weighted by Crippen LogP contribution is 2.35. The normalized spacial score (nSPS) is 25.1. The van der Waals surface area contributed by atoms with Crippen molar-refractivity contribution in [2.24, 2.45) is 5.73 Å². The molecule has 0 amide bonds. The molecular weight excluding hydrogens is 252 g/mol. The maximum absolute atomic E-state index is 10.2. The Morgan fingerprint density at radius 3 is 2.75 bits per heavy atom. The molecule has 1 fully saturated rings. The molecule has 20 heavy (non-hydrogen) atoms. The molecule has 4 nitrogen and oxygen atoms in total. The summed E-state index contributed by atoms with van der Waals surface area (Å²) < 4.78 is 5.45. The van der Waals surface area contributed by atoms with E-state index in [4.69, 9.17) is 10.5 Å². The van der Waals surface area contributed by atoms with Crippen LogP contribution in [0.1, 0.15) is 44.7 Å². The van der Waals surface area contributed by atoms with Crippen molar-refractivity contribution in [1.29, 1.82) is 0 Å². The Balaban J connectivity index is 2.32. The first kappa shape index (κ1) is 15.1. The molecule has 1 aromatic carbocycles. The van der Waals surface area contributed by atoms with E-state index in [1.807, 2.05) is 26.0 Å². The molecule has 0 bridgehead atoms. The molecule has 2 atom stereocenters. The van der Waals surface area contributed by atoms with Gasteiger partial charge < -0.3 is 20.5 Å². The SMILES string of the molecule is COc1cccc(N2CCCC(C)(O)CC2)c1[C@@H](C)N. The number of methoxy groups -OCH3 is 1. The van der Waals surface area contributed by atoms with E-state index in [0.717, 1.165) is 49.4 Å². The highest BCUT2D eigenvalue weighted by atomic mass is 16.5. The van der Waals surface area contributed by atoms with Crippen LogP contribution in [0.2, 0.25) is 0 Å². The van der Waals surface area contributed by atoms with E-state index in [1.54, 1.807) is 7.11 Å². The van der Waals surface area contributed by atoms with Crippen molar-refractivity contribution in [2.45, 2.75) is 44.8 Å². The first-order valence-electron chi connectivity index (χ1n) is 7.34. The van der Waals surface area contributed by atoms with Crippen molar-refractivity contribution < 1.29 is 9.84 Å². The van der Waals surface area contributed by atoms with Crippen molar-refractivity contribution in [1.82, 2.24) is 0 Å². The summed E-state index contributed by atoms with van der Waals surface area (Å²) in [5, 5.41) is 10.2. The van der Waals surface area contributed by atoms with Crippen molar-refractivity contribution in [2.75, 3.05) is 25.1 Å². The molecule has 4 heteroatoms. The minimum atomic E-state index is -0.553. The number of anilines is 1. The molecule has 1 aliphatic heterocycles. The lowest BCUT2D eigenvalue weighted by Gasteiger charge is -2.28. The van der Waals surface area contributed by atoms with E-state index in [-0.39, 0.29) is 6.04 Å². The van der Waals surface area contributed by atoms with E-state index in [9.17, 15) is 5.11 Å². The standard InChI is InChI=1S/C16H26N2O2/c1-12(17)15-13(6-4-7-14(15)20-3)18-10-5-8-16(2,19)9-11-18/h4,6-7,12,19H,5,8-11,17H2,1-3H3/t12-,16?/m1/s1. The van der Waals surface area contributed by atoms with Gasteiger partial charge in [-0.2, -0.15) is 0 Å². The number of nitrogens with zero attached hydrogens (tertiary/aromatic N) is 1. The van der Waals surface area contributed by atoms with Crippen molar-refractivity contribution >= 4 is 5.69 Å². The van der Waals surface area contributed by atoms with Gasteiger partial charge in [0.15, 0.2) is 0 Å². The fraction of sp³-hybridized carbons (Fsp3) is 0.625. The third-order valence-corrected chi connectivity index (χ3v) is 4.12. The van der Waals surface area contributed by atoms with Crippen LogP contribution in [0, 0.1) is 0 Å². The smallest absolute Gasteiger partial charge is 0.125 e. The molecule has 112 valence electrons. The fourth-order valence-electron chi connectivity index (χ4n) is 2.95. The fourth-order valence-corrected chi connectivity index (χ4v) is 2.95. The summed E-state index contributed by atoms with van der Waals surface area (Å²) in [6.45, 7) is 5.70. The van der Waals surface area contributed by atoms with Gasteiger partial charge in [0.1, 0.15) is 5.75 Å². The number of hydrogen-bond donors (Lipinski definition) is 2. The first-order chi connectivity index (χ1) is 9.44. The molecule has 0 saturated carbocycles. The zero-order valence-electron chi connectivity index (χ0n) is 12.7. The van der Waals surface area contributed by atoms with Crippen LogP contribution >= 0.6 is 0 Å². The molecule has 0 aromatic heterocycles. The minimum Gasteiger partial charge on any atom is -0.496 e. The Bertz CT molecular complexity index is 458. The summed E-state index contributed by atoms with van der Waals surface area (Å²) in [6, 6.07) is 5.98. The van der Waals surface area contributed by atoms with Crippen molar-refractivity contribution in [3.63, 3.8) is 0 Å². The van der Waals surface area contributed by atoms with Crippen LogP contribution in [-0.2, 0) is 0 Å². The summed E-state index contributed by atoms with van der Waals surface area (Å²) in [4.78, 5) is 2.32. The lowest BCUT2D eigenvalue weighted by atomic mass is 9.98. The number of aliphatic hydroxyl groups is 1. The summed E-state index contributed by atoms with van der Waals surface area (Å²) in [7, 11) is 1.68. The summed E-state index contributed by atoms with van der Waals surface area (Å²) >= 11 is 0. The van der Waals surface area contributed by atoms with Crippen molar-refractivity contribution in [3.8, 4) is 5.75 Å². The molecule has 0 aliphatic carbocycles. The number of rotatable bonds is 3. The lowest BCUT2D eigenvalue weighted by molar-refractivity contribution is 0.0481. The number of nitrogens with two attached hydrogens (primary N) is 1. The van der Waals surface area contributed by atoms with Gasteiger partial charge in [-0.1, -0.05) is 6.07 Å². The van der Waals surface area contributed by atoms with Gasteiger partial charge in [0, 0.05) is 30.4 Å². The molecule has 1 aliphatic rings. The van der Waals surface area contributed by atoms with Crippen LogP contribution in [-0.4, -0.2) is 30.9 Å². The van der Waals surface area contributed by atoms with Crippen LogP contribution in [0.5, 0.6) is 5.75 Å². The maximum Gasteiger partial charge on any atom is 0.125 e. The van der Waals surface area contributed by atoms with Gasteiger partial charge in [-0.05, 0) is 45.2 Å². The van der Waals surface area contributed by atoms with Gasteiger partial charge >= 0.3 is 0 Å². The minimum absolute atomic E-state index is 0.0788. The van der Waals surface area contributed by atoms with Gasteiger partial charge in [0.05, 0.1) is 12.7 Å². The molecular formula is C16H26N2O2.